The second-order valence-corrected chi connectivity index (χ2v) is 8.68. The van der Waals surface area contributed by atoms with E-state index in [0.29, 0.717) is 24.6 Å². The average molecular weight is 398 g/mol. The number of aliphatic imine (C=N–C) groups is 1. The Balaban J connectivity index is 2.29. The van der Waals surface area contributed by atoms with Crippen LogP contribution in [0.1, 0.15) is 34.1 Å². The summed E-state index contributed by atoms with van der Waals surface area (Å²) >= 11 is 0. The normalized spacial score (nSPS) is 12.8. The average Bonchev–Trinajstić information content (AvgIpc) is 2.63. The highest BCUT2D eigenvalue weighted by atomic mass is 32.2. The molecule has 0 fully saturated rings. The number of hydrogen-bond acceptors (Lipinski definition) is 4. The molecule has 1 rings (SSSR count). The van der Waals surface area contributed by atoms with Gasteiger partial charge in [0.25, 0.3) is 0 Å². The van der Waals surface area contributed by atoms with Crippen molar-refractivity contribution in [3.8, 4) is 0 Å². The fourth-order valence-electron chi connectivity index (χ4n) is 2.85. The molecule has 27 heavy (non-hydrogen) atoms. The Morgan fingerprint density at radius 2 is 1.59 bits per heavy atom. The molecule has 154 valence electrons. The summed E-state index contributed by atoms with van der Waals surface area (Å²) < 4.78 is 26.9. The van der Waals surface area contributed by atoms with Crippen LogP contribution in [0.4, 0.5) is 0 Å². The Bertz CT molecular complexity index is 652. The minimum Gasteiger partial charge on any atom is -0.356 e. The first kappa shape index (κ1) is 23.4. The van der Waals surface area contributed by atoms with Gasteiger partial charge in [0.1, 0.15) is 0 Å². The van der Waals surface area contributed by atoms with Gasteiger partial charge in [-0.15, -0.1) is 0 Å². The summed E-state index contributed by atoms with van der Waals surface area (Å²) in [6.07, 6.45) is 1.01. The van der Waals surface area contributed by atoms with E-state index >= 15 is 0 Å². The Morgan fingerprint density at radius 1 is 1.00 bits per heavy atom. The zero-order valence-corrected chi connectivity index (χ0v) is 18.0. The summed E-state index contributed by atoms with van der Waals surface area (Å²) in [7, 11) is -1.76. The first-order valence-electron chi connectivity index (χ1n) is 9.53. The molecule has 0 atom stereocenters. The summed E-state index contributed by atoms with van der Waals surface area (Å²) in [5.74, 6) is 0.676. The van der Waals surface area contributed by atoms with E-state index in [4.69, 9.17) is 0 Å². The smallest absolute Gasteiger partial charge is 0.240 e. The number of guanidine groups is 1. The molecule has 0 aliphatic carbocycles. The first-order chi connectivity index (χ1) is 12.8. The molecule has 0 saturated carbocycles. The third-order valence-corrected chi connectivity index (χ3v) is 5.68. The van der Waals surface area contributed by atoms with Crippen molar-refractivity contribution in [2.45, 2.75) is 51.1 Å². The molecule has 8 heteroatoms. The topological polar surface area (TPSA) is 85.8 Å². The highest BCUT2D eigenvalue weighted by molar-refractivity contribution is 7.89. The molecule has 0 aromatic heterocycles. The molecule has 1 aromatic rings. The highest BCUT2D eigenvalue weighted by Crippen LogP contribution is 2.06. The summed E-state index contributed by atoms with van der Waals surface area (Å²) in [5, 5.41) is 6.39. The van der Waals surface area contributed by atoms with Gasteiger partial charge < -0.3 is 10.6 Å². The van der Waals surface area contributed by atoms with Crippen LogP contribution in [0.5, 0.6) is 0 Å². The quantitative estimate of drug-likeness (QED) is 0.300. The third kappa shape index (κ3) is 8.73. The van der Waals surface area contributed by atoms with E-state index in [0.717, 1.165) is 19.5 Å². The molecule has 0 heterocycles. The Hall–Kier alpha value is -1.64. The molecular formula is C19H35N5O2S. The SMILES string of the molecule is CN=C(NCCCN(C(C)C)C(C)C)NCCNS(=O)(=O)c1ccccc1. The first-order valence-corrected chi connectivity index (χ1v) is 11.0. The lowest BCUT2D eigenvalue weighted by molar-refractivity contribution is 0.173. The zero-order chi connectivity index (χ0) is 20.3. The van der Waals surface area contributed by atoms with Crippen LogP contribution in [0.3, 0.4) is 0 Å². The van der Waals surface area contributed by atoms with Gasteiger partial charge in [0.2, 0.25) is 10.0 Å². The predicted octanol–water partition coefficient (Wildman–Crippen LogP) is 1.64. The van der Waals surface area contributed by atoms with E-state index in [9.17, 15) is 8.42 Å². The number of benzene rings is 1. The molecule has 0 aliphatic heterocycles. The van der Waals surface area contributed by atoms with E-state index in [1.807, 2.05) is 0 Å². The van der Waals surface area contributed by atoms with Crippen LogP contribution >= 0.6 is 0 Å². The summed E-state index contributed by atoms with van der Waals surface area (Å²) in [6.45, 7) is 11.4. The predicted molar refractivity (Wildman–Crippen MR) is 113 cm³/mol. The number of rotatable bonds is 11. The Labute approximate surface area is 164 Å². The van der Waals surface area contributed by atoms with Crippen molar-refractivity contribution < 1.29 is 8.42 Å². The molecule has 0 saturated heterocycles. The lowest BCUT2D eigenvalue weighted by atomic mass is 10.2. The van der Waals surface area contributed by atoms with Crippen LogP contribution in [-0.4, -0.2) is 64.6 Å². The number of nitrogens with zero attached hydrogens (tertiary/aromatic N) is 2. The highest BCUT2D eigenvalue weighted by Gasteiger charge is 2.13. The van der Waals surface area contributed by atoms with Gasteiger partial charge in [-0.1, -0.05) is 18.2 Å². The van der Waals surface area contributed by atoms with E-state index in [2.05, 4.69) is 52.9 Å². The number of hydrogen-bond donors (Lipinski definition) is 3. The molecule has 0 bridgehead atoms. The molecule has 0 spiro atoms. The largest absolute Gasteiger partial charge is 0.356 e. The van der Waals surface area contributed by atoms with Crippen LogP contribution in [0.2, 0.25) is 0 Å². The minimum absolute atomic E-state index is 0.271. The molecule has 0 unspecified atom stereocenters. The fourth-order valence-corrected chi connectivity index (χ4v) is 3.90. The molecule has 7 nitrogen and oxygen atoms in total. The van der Waals surface area contributed by atoms with Crippen molar-refractivity contribution in [3.05, 3.63) is 30.3 Å². The van der Waals surface area contributed by atoms with E-state index in [1.165, 1.54) is 0 Å². The van der Waals surface area contributed by atoms with Gasteiger partial charge >= 0.3 is 0 Å². The van der Waals surface area contributed by atoms with E-state index < -0.39 is 10.0 Å². The maximum Gasteiger partial charge on any atom is 0.240 e. The minimum atomic E-state index is -3.47. The van der Waals surface area contributed by atoms with Gasteiger partial charge in [-0.05, 0) is 46.2 Å². The second-order valence-electron chi connectivity index (χ2n) is 6.92. The lowest BCUT2D eigenvalue weighted by Crippen LogP contribution is -2.43. The second kappa shape index (κ2) is 11.9. The van der Waals surface area contributed by atoms with Crippen molar-refractivity contribution in [1.82, 2.24) is 20.3 Å². The zero-order valence-electron chi connectivity index (χ0n) is 17.2. The van der Waals surface area contributed by atoms with Gasteiger partial charge in [0.05, 0.1) is 4.90 Å². The van der Waals surface area contributed by atoms with Gasteiger partial charge in [-0.25, -0.2) is 13.1 Å². The fraction of sp³-hybridized carbons (Fsp3) is 0.632. The van der Waals surface area contributed by atoms with Crippen LogP contribution < -0.4 is 15.4 Å². The van der Waals surface area contributed by atoms with E-state index in [-0.39, 0.29) is 11.4 Å². The van der Waals surface area contributed by atoms with Gasteiger partial charge in [-0.2, -0.15) is 0 Å². The standard InChI is InChI=1S/C19H35N5O2S/c1-16(2)24(17(3)4)15-9-12-21-19(20-5)22-13-14-23-27(25,26)18-10-7-6-8-11-18/h6-8,10-11,16-17,23H,9,12-15H2,1-5H3,(H2,20,21,22). The maximum absolute atomic E-state index is 12.1. The van der Waals surface area contributed by atoms with Gasteiger partial charge in [-0.3, -0.25) is 9.89 Å². The number of sulfonamides is 1. The molecular weight excluding hydrogens is 362 g/mol. The monoisotopic (exact) mass is 397 g/mol. The van der Waals surface area contributed by atoms with Crippen molar-refractivity contribution in [2.75, 3.05) is 33.2 Å². The molecule has 1 aromatic carbocycles. The lowest BCUT2D eigenvalue weighted by Gasteiger charge is -2.30. The Morgan fingerprint density at radius 3 is 2.15 bits per heavy atom. The van der Waals surface area contributed by atoms with Crippen molar-refractivity contribution in [1.29, 1.82) is 0 Å². The van der Waals surface area contributed by atoms with Crippen LogP contribution in [-0.2, 0) is 10.0 Å². The molecule has 3 N–H and O–H groups in total. The maximum atomic E-state index is 12.1. The summed E-state index contributed by atoms with van der Waals surface area (Å²) in [4.78, 5) is 6.90. The van der Waals surface area contributed by atoms with Gasteiger partial charge in [0.15, 0.2) is 5.96 Å². The van der Waals surface area contributed by atoms with Crippen LogP contribution in [0.25, 0.3) is 0 Å². The van der Waals surface area contributed by atoms with Crippen molar-refractivity contribution in [2.24, 2.45) is 4.99 Å². The summed E-state index contributed by atoms with van der Waals surface area (Å²) in [5.41, 5.74) is 0. The van der Waals surface area contributed by atoms with Crippen molar-refractivity contribution >= 4 is 16.0 Å². The Kier molecular flexibility index (Phi) is 10.4. The molecule has 0 aliphatic rings. The van der Waals surface area contributed by atoms with Crippen LogP contribution in [0, 0.1) is 0 Å². The van der Waals surface area contributed by atoms with E-state index in [1.54, 1.807) is 37.4 Å². The summed E-state index contributed by atoms with van der Waals surface area (Å²) in [6, 6.07) is 9.41. The number of nitrogens with one attached hydrogen (secondary N) is 3. The van der Waals surface area contributed by atoms with Crippen molar-refractivity contribution in [3.63, 3.8) is 0 Å². The molecule has 0 radical (unpaired) electrons. The molecule has 0 amide bonds. The van der Waals surface area contributed by atoms with Gasteiger partial charge in [0, 0.05) is 45.3 Å². The third-order valence-electron chi connectivity index (χ3n) is 4.20. The van der Waals surface area contributed by atoms with Crippen LogP contribution in [0.15, 0.2) is 40.2 Å².